The summed E-state index contributed by atoms with van der Waals surface area (Å²) in [5.74, 6) is 1.84. The highest BCUT2D eigenvalue weighted by molar-refractivity contribution is 5.81. The van der Waals surface area contributed by atoms with E-state index in [1.165, 1.54) is 5.56 Å². The molecule has 1 aromatic carbocycles. The number of ether oxygens (including phenoxy) is 2. The van der Waals surface area contributed by atoms with E-state index in [9.17, 15) is 0 Å². The van der Waals surface area contributed by atoms with Crippen molar-refractivity contribution in [3.05, 3.63) is 29.8 Å². The van der Waals surface area contributed by atoms with Crippen LogP contribution >= 0.6 is 0 Å². The van der Waals surface area contributed by atoms with Gasteiger partial charge < -0.3 is 19.7 Å². The number of hydrogen-bond donors (Lipinski definition) is 1. The molecule has 2 rings (SSSR count). The second-order valence-corrected chi connectivity index (χ2v) is 4.47. The highest BCUT2D eigenvalue weighted by atomic mass is 16.5. The van der Waals surface area contributed by atoms with Gasteiger partial charge in [0.1, 0.15) is 12.4 Å². The molecule has 0 bridgehead atoms. The Labute approximate surface area is 114 Å². The van der Waals surface area contributed by atoms with Crippen LogP contribution in [0.2, 0.25) is 0 Å². The molecule has 5 nitrogen and oxygen atoms in total. The average molecular weight is 263 g/mol. The van der Waals surface area contributed by atoms with Crippen molar-refractivity contribution in [1.82, 2.24) is 10.2 Å². The zero-order valence-electron chi connectivity index (χ0n) is 11.6. The number of nitrogens with zero attached hydrogens (tertiary/aromatic N) is 2. The first-order valence-electron chi connectivity index (χ1n) is 6.50. The van der Waals surface area contributed by atoms with Crippen LogP contribution in [-0.2, 0) is 11.3 Å². The summed E-state index contributed by atoms with van der Waals surface area (Å²) in [5.41, 5.74) is 1.21. The Kier molecular flexibility index (Phi) is 5.03. The average Bonchev–Trinajstić information content (AvgIpc) is 2.84. The third-order valence-corrected chi connectivity index (χ3v) is 2.99. The summed E-state index contributed by atoms with van der Waals surface area (Å²) in [6, 6.07) is 8.08. The van der Waals surface area contributed by atoms with Gasteiger partial charge in [0.05, 0.1) is 13.2 Å². The Hall–Kier alpha value is -1.75. The third-order valence-electron chi connectivity index (χ3n) is 2.99. The fourth-order valence-corrected chi connectivity index (χ4v) is 1.85. The lowest BCUT2D eigenvalue weighted by molar-refractivity contribution is 0.146. The first kappa shape index (κ1) is 13.7. The Morgan fingerprint density at radius 3 is 2.68 bits per heavy atom. The van der Waals surface area contributed by atoms with E-state index in [-0.39, 0.29) is 0 Å². The van der Waals surface area contributed by atoms with Gasteiger partial charge in [0.25, 0.3) is 0 Å². The Morgan fingerprint density at radius 1 is 1.26 bits per heavy atom. The lowest BCUT2D eigenvalue weighted by atomic mass is 10.2. The van der Waals surface area contributed by atoms with Crippen LogP contribution in [0, 0.1) is 0 Å². The van der Waals surface area contributed by atoms with Gasteiger partial charge in [-0.1, -0.05) is 12.1 Å². The molecule has 1 aliphatic heterocycles. The second kappa shape index (κ2) is 6.99. The molecule has 0 unspecified atom stereocenters. The third kappa shape index (κ3) is 4.13. The molecule has 1 heterocycles. The molecule has 104 valence electrons. The van der Waals surface area contributed by atoms with Crippen LogP contribution in [0.25, 0.3) is 0 Å². The maximum absolute atomic E-state index is 5.52. The van der Waals surface area contributed by atoms with E-state index >= 15 is 0 Å². The van der Waals surface area contributed by atoms with Crippen LogP contribution in [0.15, 0.2) is 29.3 Å². The number of rotatable bonds is 6. The lowest BCUT2D eigenvalue weighted by Crippen LogP contribution is -2.35. The van der Waals surface area contributed by atoms with Crippen molar-refractivity contribution in [2.24, 2.45) is 4.99 Å². The molecule has 0 saturated heterocycles. The molecule has 19 heavy (non-hydrogen) atoms. The first-order chi connectivity index (χ1) is 9.29. The Bertz CT molecular complexity index is 417. The van der Waals surface area contributed by atoms with E-state index < -0.39 is 0 Å². The van der Waals surface area contributed by atoms with Crippen LogP contribution in [0.5, 0.6) is 5.75 Å². The van der Waals surface area contributed by atoms with E-state index in [0.29, 0.717) is 13.2 Å². The Morgan fingerprint density at radius 2 is 2.05 bits per heavy atom. The van der Waals surface area contributed by atoms with Crippen molar-refractivity contribution in [3.8, 4) is 5.75 Å². The molecule has 0 fully saturated rings. The zero-order valence-corrected chi connectivity index (χ0v) is 11.6. The fourth-order valence-electron chi connectivity index (χ4n) is 1.85. The molecule has 1 N–H and O–H groups in total. The molecule has 1 aliphatic rings. The van der Waals surface area contributed by atoms with Gasteiger partial charge in [-0.15, -0.1) is 0 Å². The van der Waals surface area contributed by atoms with Crippen LogP contribution in [0.1, 0.15) is 5.56 Å². The molecule has 1 aromatic rings. The van der Waals surface area contributed by atoms with Gasteiger partial charge in [-0.3, -0.25) is 4.99 Å². The SMILES string of the molecule is COCCOc1ccc(CNC2=NCCN2C)cc1. The van der Waals surface area contributed by atoms with Crippen molar-refractivity contribution in [3.63, 3.8) is 0 Å². The number of aliphatic imine (C=N–C) groups is 1. The smallest absolute Gasteiger partial charge is 0.194 e. The van der Waals surface area contributed by atoms with Gasteiger partial charge >= 0.3 is 0 Å². The molecule has 0 radical (unpaired) electrons. The summed E-state index contributed by atoms with van der Waals surface area (Å²) in [5, 5.41) is 3.33. The van der Waals surface area contributed by atoms with Crippen molar-refractivity contribution >= 4 is 5.96 Å². The molecule has 0 spiro atoms. The van der Waals surface area contributed by atoms with E-state index in [4.69, 9.17) is 9.47 Å². The predicted molar refractivity (Wildman–Crippen MR) is 75.6 cm³/mol. The van der Waals surface area contributed by atoms with Gasteiger partial charge in [-0.05, 0) is 17.7 Å². The highest BCUT2D eigenvalue weighted by Gasteiger charge is 2.10. The van der Waals surface area contributed by atoms with Crippen LogP contribution in [0.4, 0.5) is 0 Å². The maximum Gasteiger partial charge on any atom is 0.194 e. The van der Waals surface area contributed by atoms with Crippen molar-refractivity contribution in [2.75, 3.05) is 40.5 Å². The molecule has 0 saturated carbocycles. The van der Waals surface area contributed by atoms with E-state index in [1.807, 2.05) is 19.2 Å². The van der Waals surface area contributed by atoms with Crippen LogP contribution in [0.3, 0.4) is 0 Å². The topological polar surface area (TPSA) is 46.1 Å². The van der Waals surface area contributed by atoms with E-state index in [2.05, 4.69) is 27.3 Å². The van der Waals surface area contributed by atoms with Gasteiger partial charge in [-0.2, -0.15) is 0 Å². The van der Waals surface area contributed by atoms with Crippen molar-refractivity contribution < 1.29 is 9.47 Å². The summed E-state index contributed by atoms with van der Waals surface area (Å²) in [6.07, 6.45) is 0. The van der Waals surface area contributed by atoms with E-state index in [0.717, 1.165) is 31.3 Å². The molecule has 0 aliphatic carbocycles. The summed E-state index contributed by atoms with van der Waals surface area (Å²) >= 11 is 0. The normalized spacial score (nSPS) is 14.4. The number of hydrogen-bond acceptors (Lipinski definition) is 5. The standard InChI is InChI=1S/C14H21N3O2/c1-17-8-7-15-14(17)16-11-12-3-5-13(6-4-12)19-10-9-18-2/h3-6H,7-11H2,1-2H3,(H,15,16). The minimum Gasteiger partial charge on any atom is -0.491 e. The summed E-state index contributed by atoms with van der Waals surface area (Å²) in [7, 11) is 3.71. The first-order valence-corrected chi connectivity index (χ1v) is 6.50. The number of nitrogens with one attached hydrogen (secondary N) is 1. The maximum atomic E-state index is 5.52. The molecular weight excluding hydrogens is 242 g/mol. The quantitative estimate of drug-likeness (QED) is 0.781. The Balaban J connectivity index is 1.78. The molecule has 0 atom stereocenters. The summed E-state index contributed by atoms with van der Waals surface area (Å²) in [4.78, 5) is 6.52. The molecule has 5 heteroatoms. The molecule has 0 amide bonds. The van der Waals surface area contributed by atoms with Gasteiger partial charge in [0.15, 0.2) is 5.96 Å². The highest BCUT2D eigenvalue weighted by Crippen LogP contribution is 2.12. The van der Waals surface area contributed by atoms with Crippen LogP contribution in [-0.4, -0.2) is 51.3 Å². The summed E-state index contributed by atoms with van der Waals surface area (Å²) < 4.78 is 10.5. The number of benzene rings is 1. The van der Waals surface area contributed by atoms with Crippen molar-refractivity contribution in [2.45, 2.75) is 6.54 Å². The van der Waals surface area contributed by atoms with Crippen LogP contribution < -0.4 is 10.1 Å². The van der Waals surface area contributed by atoms with Gasteiger partial charge in [-0.25, -0.2) is 0 Å². The minimum atomic E-state index is 0.579. The number of guanidine groups is 1. The van der Waals surface area contributed by atoms with Gasteiger partial charge in [0, 0.05) is 27.2 Å². The molecule has 0 aromatic heterocycles. The minimum absolute atomic E-state index is 0.579. The predicted octanol–water partition coefficient (Wildman–Crippen LogP) is 1.10. The monoisotopic (exact) mass is 263 g/mol. The number of methoxy groups -OCH3 is 1. The fraction of sp³-hybridized carbons (Fsp3) is 0.500. The lowest BCUT2D eigenvalue weighted by Gasteiger charge is -2.15. The largest absolute Gasteiger partial charge is 0.491 e. The van der Waals surface area contributed by atoms with Gasteiger partial charge in [0.2, 0.25) is 0 Å². The molecular formula is C14H21N3O2. The second-order valence-electron chi connectivity index (χ2n) is 4.47. The van der Waals surface area contributed by atoms with Crippen molar-refractivity contribution in [1.29, 1.82) is 0 Å². The van der Waals surface area contributed by atoms with E-state index in [1.54, 1.807) is 7.11 Å². The number of likely N-dealkylation sites (N-methyl/N-ethyl adjacent to an activating group) is 1. The zero-order chi connectivity index (χ0) is 13.5. The summed E-state index contributed by atoms with van der Waals surface area (Å²) in [6.45, 7) is 3.84.